The average Bonchev–Trinajstić information content (AvgIpc) is 2.57. The zero-order chi connectivity index (χ0) is 17.9. The lowest BCUT2D eigenvalue weighted by Gasteiger charge is -2.25. The summed E-state index contributed by atoms with van der Waals surface area (Å²) in [5, 5.41) is 6.76. The minimum atomic E-state index is 0.570. The molecule has 0 bridgehead atoms. The van der Waals surface area contributed by atoms with Gasteiger partial charge in [-0.25, -0.2) is 0 Å². The average molecular weight is 335 g/mol. The summed E-state index contributed by atoms with van der Waals surface area (Å²) in [5.41, 5.74) is 2.47. The Bertz CT molecular complexity index is 514. The number of guanidine groups is 1. The smallest absolute Gasteiger partial charge is 0.191 e. The molecule has 2 N–H and O–H groups in total. The maximum absolute atomic E-state index is 5.43. The van der Waals surface area contributed by atoms with Crippen LogP contribution in [0.1, 0.15) is 31.9 Å². The SMILES string of the molecule is CCN(CCNC(=NC)NCCc1cc(C)ccc1OC)C(C)C. The minimum absolute atomic E-state index is 0.570. The number of nitrogens with zero attached hydrogens (tertiary/aromatic N) is 2. The summed E-state index contributed by atoms with van der Waals surface area (Å²) in [6.45, 7) is 12.5. The molecule has 0 saturated carbocycles. The van der Waals surface area contributed by atoms with E-state index in [-0.39, 0.29) is 0 Å². The topological polar surface area (TPSA) is 48.9 Å². The van der Waals surface area contributed by atoms with Gasteiger partial charge in [-0.2, -0.15) is 0 Å². The van der Waals surface area contributed by atoms with Gasteiger partial charge >= 0.3 is 0 Å². The van der Waals surface area contributed by atoms with Crippen molar-refractivity contribution in [1.29, 1.82) is 0 Å². The molecule has 1 aromatic carbocycles. The van der Waals surface area contributed by atoms with Crippen molar-refractivity contribution in [1.82, 2.24) is 15.5 Å². The van der Waals surface area contributed by atoms with Gasteiger partial charge < -0.3 is 15.4 Å². The first-order valence-corrected chi connectivity index (χ1v) is 8.83. The highest BCUT2D eigenvalue weighted by Gasteiger charge is 2.07. The molecule has 136 valence electrons. The minimum Gasteiger partial charge on any atom is -0.496 e. The van der Waals surface area contributed by atoms with E-state index in [4.69, 9.17) is 4.74 Å². The summed E-state index contributed by atoms with van der Waals surface area (Å²) in [4.78, 5) is 6.72. The van der Waals surface area contributed by atoms with Gasteiger partial charge in [-0.3, -0.25) is 9.89 Å². The summed E-state index contributed by atoms with van der Waals surface area (Å²) >= 11 is 0. The summed E-state index contributed by atoms with van der Waals surface area (Å²) in [5.74, 6) is 1.79. The molecule has 0 radical (unpaired) electrons. The Labute approximate surface area is 147 Å². The van der Waals surface area contributed by atoms with Gasteiger partial charge in [-0.15, -0.1) is 0 Å². The molecule has 0 aliphatic heterocycles. The highest BCUT2D eigenvalue weighted by atomic mass is 16.5. The standard InChI is InChI=1S/C19H34N4O/c1-7-23(15(2)3)13-12-22-19(20-5)21-11-10-17-14-16(4)8-9-18(17)24-6/h8-9,14-15H,7,10-13H2,1-6H3,(H2,20,21,22). The molecule has 0 heterocycles. The van der Waals surface area contributed by atoms with E-state index >= 15 is 0 Å². The van der Waals surface area contributed by atoms with Crippen LogP contribution >= 0.6 is 0 Å². The van der Waals surface area contributed by atoms with Gasteiger partial charge in [0.1, 0.15) is 5.75 Å². The molecule has 5 heteroatoms. The lowest BCUT2D eigenvalue weighted by molar-refractivity contribution is 0.237. The van der Waals surface area contributed by atoms with Crippen molar-refractivity contribution in [3.63, 3.8) is 0 Å². The van der Waals surface area contributed by atoms with Crippen molar-refractivity contribution in [2.45, 2.75) is 40.2 Å². The number of ether oxygens (including phenoxy) is 1. The maximum Gasteiger partial charge on any atom is 0.191 e. The molecule has 0 spiro atoms. The Hall–Kier alpha value is -1.75. The van der Waals surface area contributed by atoms with Gasteiger partial charge in [0.25, 0.3) is 0 Å². The van der Waals surface area contributed by atoms with Crippen molar-refractivity contribution in [2.75, 3.05) is 40.3 Å². The van der Waals surface area contributed by atoms with Crippen LogP contribution in [-0.2, 0) is 6.42 Å². The van der Waals surface area contributed by atoms with Crippen LogP contribution in [0.2, 0.25) is 0 Å². The zero-order valence-corrected chi connectivity index (χ0v) is 16.1. The first-order chi connectivity index (χ1) is 11.5. The van der Waals surface area contributed by atoms with Crippen LogP contribution in [0.5, 0.6) is 5.75 Å². The van der Waals surface area contributed by atoms with Crippen LogP contribution in [0.3, 0.4) is 0 Å². The lowest BCUT2D eigenvalue weighted by Crippen LogP contribution is -2.43. The third-order valence-electron chi connectivity index (χ3n) is 4.17. The number of rotatable bonds is 9. The normalized spacial score (nSPS) is 11.9. The first kappa shape index (κ1) is 20.3. The van der Waals surface area contributed by atoms with E-state index in [0.29, 0.717) is 6.04 Å². The Morgan fingerprint density at radius 1 is 1.25 bits per heavy atom. The second-order valence-corrected chi connectivity index (χ2v) is 6.21. The molecular formula is C19H34N4O. The molecule has 0 amide bonds. The predicted molar refractivity (Wildman–Crippen MR) is 103 cm³/mol. The zero-order valence-electron chi connectivity index (χ0n) is 16.1. The summed E-state index contributed by atoms with van der Waals surface area (Å²) in [7, 11) is 3.53. The van der Waals surface area contributed by atoms with Gasteiger partial charge in [0.05, 0.1) is 7.11 Å². The van der Waals surface area contributed by atoms with E-state index in [1.807, 2.05) is 13.1 Å². The molecule has 0 atom stereocenters. The Morgan fingerprint density at radius 3 is 2.54 bits per heavy atom. The number of likely N-dealkylation sites (N-methyl/N-ethyl adjacent to an activating group) is 1. The van der Waals surface area contributed by atoms with Crippen molar-refractivity contribution in [2.24, 2.45) is 4.99 Å². The molecule has 1 aromatic rings. The summed E-state index contributed by atoms with van der Waals surface area (Å²) < 4.78 is 5.43. The van der Waals surface area contributed by atoms with E-state index in [1.54, 1.807) is 7.11 Å². The van der Waals surface area contributed by atoms with E-state index in [0.717, 1.165) is 44.3 Å². The Kier molecular flexibility index (Phi) is 9.23. The quantitative estimate of drug-likeness (QED) is 0.538. The predicted octanol–water partition coefficient (Wildman–Crippen LogP) is 2.44. The number of aliphatic imine (C=N–C) groups is 1. The summed E-state index contributed by atoms with van der Waals surface area (Å²) in [6, 6.07) is 6.85. The highest BCUT2D eigenvalue weighted by Crippen LogP contribution is 2.19. The van der Waals surface area contributed by atoms with Crippen LogP contribution < -0.4 is 15.4 Å². The molecule has 5 nitrogen and oxygen atoms in total. The van der Waals surface area contributed by atoms with Crippen LogP contribution in [0.15, 0.2) is 23.2 Å². The molecule has 0 saturated heterocycles. The lowest BCUT2D eigenvalue weighted by atomic mass is 10.1. The third kappa shape index (κ3) is 6.79. The fourth-order valence-electron chi connectivity index (χ4n) is 2.74. The van der Waals surface area contributed by atoms with E-state index in [9.17, 15) is 0 Å². The Morgan fingerprint density at radius 2 is 1.96 bits per heavy atom. The van der Waals surface area contributed by atoms with Gasteiger partial charge in [0.2, 0.25) is 0 Å². The molecule has 0 aliphatic rings. The maximum atomic E-state index is 5.43. The molecule has 24 heavy (non-hydrogen) atoms. The van der Waals surface area contributed by atoms with Gasteiger partial charge in [0.15, 0.2) is 5.96 Å². The fraction of sp³-hybridized carbons (Fsp3) is 0.632. The van der Waals surface area contributed by atoms with Crippen molar-refractivity contribution in [3.05, 3.63) is 29.3 Å². The third-order valence-corrected chi connectivity index (χ3v) is 4.17. The van der Waals surface area contributed by atoms with Crippen molar-refractivity contribution < 1.29 is 4.74 Å². The van der Waals surface area contributed by atoms with Gasteiger partial charge in [-0.05, 0) is 45.4 Å². The number of nitrogens with one attached hydrogen (secondary N) is 2. The fourth-order valence-corrected chi connectivity index (χ4v) is 2.74. The van der Waals surface area contributed by atoms with Crippen molar-refractivity contribution >= 4 is 5.96 Å². The van der Waals surface area contributed by atoms with Crippen LogP contribution in [0, 0.1) is 6.92 Å². The molecular weight excluding hydrogens is 300 g/mol. The van der Waals surface area contributed by atoms with E-state index in [2.05, 4.69) is 60.4 Å². The molecule has 0 fully saturated rings. The molecule has 0 aliphatic carbocycles. The van der Waals surface area contributed by atoms with Crippen LogP contribution in [0.25, 0.3) is 0 Å². The van der Waals surface area contributed by atoms with Crippen LogP contribution in [0.4, 0.5) is 0 Å². The van der Waals surface area contributed by atoms with Gasteiger partial charge in [-0.1, -0.05) is 24.6 Å². The molecule has 0 aromatic heterocycles. The van der Waals surface area contributed by atoms with E-state index < -0.39 is 0 Å². The highest BCUT2D eigenvalue weighted by molar-refractivity contribution is 5.79. The number of methoxy groups -OCH3 is 1. The number of hydrogen-bond acceptors (Lipinski definition) is 3. The number of benzene rings is 1. The van der Waals surface area contributed by atoms with Crippen LogP contribution in [-0.4, -0.2) is 57.2 Å². The number of hydrogen-bond donors (Lipinski definition) is 2. The summed E-state index contributed by atoms with van der Waals surface area (Å²) in [6.07, 6.45) is 0.901. The molecule has 0 unspecified atom stereocenters. The first-order valence-electron chi connectivity index (χ1n) is 8.83. The second-order valence-electron chi connectivity index (χ2n) is 6.21. The van der Waals surface area contributed by atoms with Gasteiger partial charge in [0, 0.05) is 32.7 Å². The van der Waals surface area contributed by atoms with Crippen molar-refractivity contribution in [3.8, 4) is 5.75 Å². The van der Waals surface area contributed by atoms with E-state index in [1.165, 1.54) is 11.1 Å². The number of aryl methyl sites for hydroxylation is 1. The Balaban J connectivity index is 2.41. The molecule has 1 rings (SSSR count). The second kappa shape index (κ2) is 10.9. The monoisotopic (exact) mass is 334 g/mol. The largest absolute Gasteiger partial charge is 0.496 e.